The van der Waals surface area contributed by atoms with Crippen LogP contribution in [0.3, 0.4) is 0 Å². The van der Waals surface area contributed by atoms with E-state index in [-0.39, 0.29) is 5.82 Å². The third kappa shape index (κ3) is 2.04. The first-order valence-corrected chi connectivity index (χ1v) is 7.14. The lowest BCUT2D eigenvalue weighted by atomic mass is 9.89. The summed E-state index contributed by atoms with van der Waals surface area (Å²) in [5.41, 5.74) is 4.48. The highest BCUT2D eigenvalue weighted by molar-refractivity contribution is 6.16. The van der Waals surface area contributed by atoms with Crippen molar-refractivity contribution in [3.63, 3.8) is 0 Å². The van der Waals surface area contributed by atoms with Crippen LogP contribution in [-0.2, 0) is 6.42 Å². The molecule has 0 atom stereocenters. The molecule has 1 aliphatic rings. The zero-order valence-electron chi connectivity index (χ0n) is 11.5. The molecular weight excluding hydrogens is 261 g/mol. The molecule has 1 aliphatic heterocycles. The minimum Gasteiger partial charge on any atom is -0.284 e. The average Bonchev–Trinajstić information content (AvgIpc) is 2.55. The Balaban J connectivity index is 1.92. The van der Waals surface area contributed by atoms with Crippen LogP contribution in [0.4, 0.5) is 4.39 Å². The first-order chi connectivity index (χ1) is 10.3. The number of hydrogen-bond acceptors (Lipinski definition) is 1. The van der Waals surface area contributed by atoms with Gasteiger partial charge >= 0.3 is 0 Å². The monoisotopic (exact) mass is 275 g/mol. The van der Waals surface area contributed by atoms with Crippen LogP contribution < -0.4 is 0 Å². The van der Waals surface area contributed by atoms with Gasteiger partial charge in [0.2, 0.25) is 0 Å². The number of nitrogens with zero attached hydrogens (tertiary/aromatic N) is 1. The molecule has 0 radical (unpaired) electrons. The van der Waals surface area contributed by atoms with E-state index < -0.39 is 0 Å². The Labute approximate surface area is 122 Å². The van der Waals surface area contributed by atoms with E-state index in [0.29, 0.717) is 0 Å². The Hall–Kier alpha value is -2.48. The lowest BCUT2D eigenvalue weighted by Gasteiger charge is -2.19. The maximum atomic E-state index is 13.1. The van der Waals surface area contributed by atoms with E-state index in [1.807, 2.05) is 0 Å². The molecule has 0 amide bonds. The first kappa shape index (κ1) is 12.3. The van der Waals surface area contributed by atoms with Crippen LogP contribution in [-0.4, -0.2) is 12.3 Å². The van der Waals surface area contributed by atoms with Gasteiger partial charge in [0.25, 0.3) is 0 Å². The fraction of sp³-hybridized carbons (Fsp3) is 0.105. The molecule has 0 fully saturated rings. The van der Waals surface area contributed by atoms with Crippen LogP contribution in [0.15, 0.2) is 65.7 Å². The summed E-state index contributed by atoms with van der Waals surface area (Å²) in [7, 11) is 0. The lowest BCUT2D eigenvalue weighted by molar-refractivity contribution is 0.628. The number of aliphatic imine (C=N–C) groups is 1. The number of benzene rings is 3. The highest BCUT2D eigenvalue weighted by Gasteiger charge is 2.17. The molecule has 1 nitrogen and oxygen atoms in total. The number of fused-ring (bicyclic) bond motifs is 3. The topological polar surface area (TPSA) is 12.4 Å². The van der Waals surface area contributed by atoms with Crippen LogP contribution in [0.1, 0.15) is 16.7 Å². The third-order valence-corrected chi connectivity index (χ3v) is 4.05. The van der Waals surface area contributed by atoms with Gasteiger partial charge in [-0.05, 0) is 47.0 Å². The van der Waals surface area contributed by atoms with Gasteiger partial charge in [-0.15, -0.1) is 0 Å². The molecule has 21 heavy (non-hydrogen) atoms. The van der Waals surface area contributed by atoms with E-state index >= 15 is 0 Å². The van der Waals surface area contributed by atoms with Crippen molar-refractivity contribution in [2.75, 3.05) is 6.54 Å². The van der Waals surface area contributed by atoms with Crippen molar-refractivity contribution in [3.05, 3.63) is 83.2 Å². The van der Waals surface area contributed by atoms with Crippen molar-refractivity contribution in [3.8, 4) is 0 Å². The smallest absolute Gasteiger partial charge is 0.123 e. The fourth-order valence-electron chi connectivity index (χ4n) is 3.05. The third-order valence-electron chi connectivity index (χ3n) is 4.05. The summed E-state index contributed by atoms with van der Waals surface area (Å²) in [6.07, 6.45) is 0.960. The highest BCUT2D eigenvalue weighted by atomic mass is 19.1. The molecule has 0 unspecified atom stereocenters. The van der Waals surface area contributed by atoms with Gasteiger partial charge in [0.15, 0.2) is 0 Å². The number of rotatable bonds is 1. The molecule has 3 aromatic carbocycles. The van der Waals surface area contributed by atoms with Crippen molar-refractivity contribution in [1.29, 1.82) is 0 Å². The van der Waals surface area contributed by atoms with Crippen molar-refractivity contribution >= 4 is 16.5 Å². The predicted molar refractivity (Wildman–Crippen MR) is 84.6 cm³/mol. The molecule has 0 saturated carbocycles. The summed E-state index contributed by atoms with van der Waals surface area (Å²) < 4.78 is 13.1. The van der Waals surface area contributed by atoms with Gasteiger partial charge < -0.3 is 0 Å². The van der Waals surface area contributed by atoms with Crippen LogP contribution in [0.2, 0.25) is 0 Å². The first-order valence-electron chi connectivity index (χ1n) is 7.14. The van der Waals surface area contributed by atoms with E-state index in [4.69, 9.17) is 0 Å². The van der Waals surface area contributed by atoms with Crippen molar-refractivity contribution in [2.24, 2.45) is 4.99 Å². The summed E-state index contributed by atoms with van der Waals surface area (Å²) in [6, 6.07) is 19.3. The molecule has 2 heteroatoms. The van der Waals surface area contributed by atoms with Gasteiger partial charge in [0.05, 0.1) is 5.71 Å². The molecule has 0 bridgehead atoms. The Morgan fingerprint density at radius 2 is 1.67 bits per heavy atom. The van der Waals surface area contributed by atoms with Crippen molar-refractivity contribution < 1.29 is 4.39 Å². The maximum Gasteiger partial charge on any atom is 0.123 e. The zero-order valence-corrected chi connectivity index (χ0v) is 11.5. The van der Waals surface area contributed by atoms with Crippen LogP contribution in [0, 0.1) is 5.82 Å². The second kappa shape index (κ2) is 4.81. The average molecular weight is 275 g/mol. The number of halogens is 1. The Morgan fingerprint density at radius 1 is 0.857 bits per heavy atom. The summed E-state index contributed by atoms with van der Waals surface area (Å²) in [5.74, 6) is -0.214. The molecular formula is C19H14FN. The molecule has 0 aliphatic carbocycles. The van der Waals surface area contributed by atoms with E-state index in [9.17, 15) is 4.39 Å². The van der Waals surface area contributed by atoms with E-state index in [0.717, 1.165) is 24.2 Å². The summed E-state index contributed by atoms with van der Waals surface area (Å²) in [4.78, 5) is 4.67. The molecule has 4 rings (SSSR count). The second-order valence-corrected chi connectivity index (χ2v) is 5.30. The van der Waals surface area contributed by atoms with Gasteiger partial charge in [0, 0.05) is 17.7 Å². The molecule has 102 valence electrons. The molecule has 0 spiro atoms. The van der Waals surface area contributed by atoms with Gasteiger partial charge in [-0.2, -0.15) is 0 Å². The summed E-state index contributed by atoms with van der Waals surface area (Å²) >= 11 is 0. The number of hydrogen-bond donors (Lipinski definition) is 0. The molecule has 0 saturated heterocycles. The molecule has 3 aromatic rings. The van der Waals surface area contributed by atoms with E-state index in [2.05, 4.69) is 41.4 Å². The Morgan fingerprint density at radius 3 is 2.52 bits per heavy atom. The zero-order chi connectivity index (χ0) is 14.2. The SMILES string of the molecule is Fc1ccc(C2=NCCc3c2ccc2ccccc32)cc1. The minimum atomic E-state index is -0.214. The predicted octanol–water partition coefficient (Wildman–Crippen LogP) is 4.37. The van der Waals surface area contributed by atoms with Gasteiger partial charge in [-0.25, -0.2) is 4.39 Å². The molecule has 0 aromatic heterocycles. The van der Waals surface area contributed by atoms with Gasteiger partial charge in [-0.3, -0.25) is 4.99 Å². The summed E-state index contributed by atoms with van der Waals surface area (Å²) in [5, 5.41) is 2.56. The largest absolute Gasteiger partial charge is 0.284 e. The standard InChI is InChI=1S/C19H14FN/c20-15-8-5-14(6-9-15)19-18-10-7-13-3-1-2-4-16(13)17(18)11-12-21-19/h1-10H,11-12H2. The molecule has 1 heterocycles. The quantitative estimate of drug-likeness (QED) is 0.625. The Bertz CT molecular complexity index is 847. The van der Waals surface area contributed by atoms with Crippen molar-refractivity contribution in [2.45, 2.75) is 6.42 Å². The second-order valence-electron chi connectivity index (χ2n) is 5.30. The van der Waals surface area contributed by atoms with Gasteiger partial charge in [0.1, 0.15) is 5.82 Å². The van der Waals surface area contributed by atoms with Gasteiger partial charge in [-0.1, -0.05) is 36.4 Å². The van der Waals surface area contributed by atoms with Crippen LogP contribution in [0.25, 0.3) is 10.8 Å². The maximum absolute atomic E-state index is 13.1. The summed E-state index contributed by atoms with van der Waals surface area (Å²) in [6.45, 7) is 0.785. The highest BCUT2D eigenvalue weighted by Crippen LogP contribution is 2.28. The van der Waals surface area contributed by atoms with E-state index in [1.54, 1.807) is 12.1 Å². The van der Waals surface area contributed by atoms with Crippen LogP contribution in [0.5, 0.6) is 0 Å². The fourth-order valence-corrected chi connectivity index (χ4v) is 3.05. The lowest BCUT2D eigenvalue weighted by Crippen LogP contribution is -2.14. The van der Waals surface area contributed by atoms with Crippen LogP contribution >= 0.6 is 0 Å². The normalized spacial score (nSPS) is 13.9. The Kier molecular flexibility index (Phi) is 2.81. The van der Waals surface area contributed by atoms with Crippen molar-refractivity contribution in [1.82, 2.24) is 0 Å². The van der Waals surface area contributed by atoms with E-state index in [1.165, 1.54) is 34.0 Å². The minimum absolute atomic E-state index is 0.214. The molecule has 0 N–H and O–H groups in total.